The molecule has 27 nitrogen and oxygen atoms in total. The lowest BCUT2D eigenvalue weighted by Gasteiger charge is -2.67. The van der Waals surface area contributed by atoms with Gasteiger partial charge in [-0.25, -0.2) is 0 Å². The predicted molar refractivity (Wildman–Crippen MR) is 293 cm³/mol. The summed E-state index contributed by atoms with van der Waals surface area (Å²) in [5.41, 5.74) is -2.30. The van der Waals surface area contributed by atoms with Crippen molar-refractivity contribution >= 4 is 0 Å². The monoisotopic (exact) mass is 1240 g/mol. The van der Waals surface area contributed by atoms with E-state index in [1.807, 2.05) is 0 Å². The van der Waals surface area contributed by atoms with Crippen molar-refractivity contribution in [3.8, 4) is 0 Å². The number of hydrogen-bond acceptors (Lipinski definition) is 27. The molecular formula is C59H100O27. The Kier molecular flexibility index (Phi) is 21.3. The van der Waals surface area contributed by atoms with Crippen molar-refractivity contribution < 1.29 is 134 Å². The van der Waals surface area contributed by atoms with E-state index < -0.39 is 202 Å². The molecule has 0 aromatic carbocycles. The smallest absolute Gasteiger partial charge is 0.187 e. The maximum Gasteiger partial charge on any atom is 0.187 e. The molecule has 0 amide bonds. The van der Waals surface area contributed by atoms with Crippen LogP contribution in [0.3, 0.4) is 0 Å². The van der Waals surface area contributed by atoms with Gasteiger partial charge in [-0.05, 0) is 99.7 Å². The first-order valence-electron chi connectivity index (χ1n) is 30.9. The van der Waals surface area contributed by atoms with Crippen LogP contribution < -0.4 is 0 Å². The van der Waals surface area contributed by atoms with E-state index in [9.17, 15) is 86.8 Å². The third kappa shape index (κ3) is 12.7. The highest BCUT2D eigenvalue weighted by atomic mass is 16.8. The van der Waals surface area contributed by atoms with Gasteiger partial charge in [-0.15, -0.1) is 0 Å². The van der Waals surface area contributed by atoms with Gasteiger partial charge in [-0.3, -0.25) is 0 Å². The summed E-state index contributed by atoms with van der Waals surface area (Å²) in [4.78, 5) is 0. The Labute approximate surface area is 501 Å². The molecule has 498 valence electrons. The van der Waals surface area contributed by atoms with Gasteiger partial charge < -0.3 is 134 Å². The summed E-state index contributed by atoms with van der Waals surface area (Å²) >= 11 is 0. The molecule has 5 saturated heterocycles. The summed E-state index contributed by atoms with van der Waals surface area (Å²) in [6, 6.07) is 0. The van der Waals surface area contributed by atoms with Gasteiger partial charge >= 0.3 is 0 Å². The average Bonchev–Trinajstić information content (AvgIpc) is 1.27. The Hall–Kier alpha value is -1.34. The van der Waals surface area contributed by atoms with Crippen molar-refractivity contribution in [2.45, 2.75) is 278 Å². The topological polar surface area (TPSA) is 436 Å². The minimum absolute atomic E-state index is 0.00589. The minimum atomic E-state index is -1.90. The summed E-state index contributed by atoms with van der Waals surface area (Å²) < 4.78 is 59.5. The van der Waals surface area contributed by atoms with Crippen LogP contribution in [0.5, 0.6) is 0 Å². The van der Waals surface area contributed by atoms with Crippen molar-refractivity contribution in [3.63, 3.8) is 0 Å². The third-order valence-corrected chi connectivity index (χ3v) is 22.3. The molecule has 3 unspecified atom stereocenters. The molecule has 5 heterocycles. The molecule has 9 aliphatic rings. The lowest BCUT2D eigenvalue weighted by molar-refractivity contribution is -0.378. The molecule has 0 radical (unpaired) electrons. The maximum atomic E-state index is 12.8. The molecule has 9 rings (SSSR count). The largest absolute Gasteiger partial charge is 0.394 e. The lowest BCUT2D eigenvalue weighted by atomic mass is 9.38. The Morgan fingerprint density at radius 2 is 1.12 bits per heavy atom. The minimum Gasteiger partial charge on any atom is -0.394 e. The molecule has 33 atom stereocenters. The van der Waals surface area contributed by atoms with E-state index in [0.29, 0.717) is 32.1 Å². The van der Waals surface area contributed by atoms with E-state index in [1.165, 1.54) is 0 Å². The van der Waals surface area contributed by atoms with Gasteiger partial charge in [0.25, 0.3) is 0 Å². The molecule has 0 bridgehead atoms. The van der Waals surface area contributed by atoms with Crippen LogP contribution in [0, 0.1) is 45.3 Å². The van der Waals surface area contributed by atoms with Crippen LogP contribution in [-0.2, 0) is 47.4 Å². The number of aliphatic hydroxyl groups excluding tert-OH is 16. The molecular weight excluding hydrogens is 1140 g/mol. The fourth-order valence-corrected chi connectivity index (χ4v) is 16.7. The summed E-state index contributed by atoms with van der Waals surface area (Å²) in [6.45, 7) is 13.7. The summed E-state index contributed by atoms with van der Waals surface area (Å²) in [5.74, 6) is 0.113. The van der Waals surface area contributed by atoms with Crippen LogP contribution >= 0.6 is 0 Å². The molecule has 0 aromatic heterocycles. The number of rotatable bonds is 19. The van der Waals surface area contributed by atoms with Crippen LogP contribution in [0.25, 0.3) is 0 Å². The highest BCUT2D eigenvalue weighted by molar-refractivity contribution is 5.32. The molecule has 0 spiro atoms. The van der Waals surface area contributed by atoms with Crippen LogP contribution in [0.15, 0.2) is 11.6 Å². The lowest BCUT2D eigenvalue weighted by Crippen LogP contribution is -2.65. The summed E-state index contributed by atoms with van der Waals surface area (Å²) in [6.07, 6.45) is -31.2. The zero-order chi connectivity index (χ0) is 63.1. The Balaban J connectivity index is 0.877. The summed E-state index contributed by atoms with van der Waals surface area (Å²) in [7, 11) is 0. The van der Waals surface area contributed by atoms with Crippen molar-refractivity contribution in [1.82, 2.24) is 0 Å². The summed E-state index contributed by atoms with van der Waals surface area (Å²) in [5, 5.41) is 184. The third-order valence-electron chi connectivity index (χ3n) is 22.3. The highest BCUT2D eigenvalue weighted by Gasteiger charge is 2.70. The Morgan fingerprint density at radius 3 is 1.70 bits per heavy atom. The van der Waals surface area contributed by atoms with Gasteiger partial charge in [-0.2, -0.15) is 0 Å². The van der Waals surface area contributed by atoms with Crippen molar-refractivity contribution in [2.24, 2.45) is 45.3 Å². The van der Waals surface area contributed by atoms with Crippen LogP contribution in [0.1, 0.15) is 113 Å². The number of hydrogen-bond donors (Lipinski definition) is 17. The first-order chi connectivity index (χ1) is 40.2. The highest BCUT2D eigenvalue weighted by Crippen LogP contribution is 2.75. The molecule has 17 N–H and O–H groups in total. The maximum absolute atomic E-state index is 12.8. The molecule has 5 aliphatic heterocycles. The number of ether oxygens (including phenoxy) is 10. The molecule has 4 aliphatic carbocycles. The van der Waals surface area contributed by atoms with Crippen molar-refractivity contribution in [3.05, 3.63) is 11.6 Å². The number of fused-ring (bicyclic) bond motifs is 5. The zero-order valence-corrected chi connectivity index (χ0v) is 50.5. The molecule has 8 fully saturated rings. The van der Waals surface area contributed by atoms with E-state index in [4.69, 9.17) is 47.4 Å². The first kappa shape index (κ1) is 69.0. The van der Waals surface area contributed by atoms with Crippen molar-refractivity contribution in [2.75, 3.05) is 33.0 Å². The number of aliphatic hydroxyl groups is 17. The Morgan fingerprint density at radius 1 is 0.593 bits per heavy atom. The van der Waals surface area contributed by atoms with Crippen LogP contribution in [0.2, 0.25) is 0 Å². The van der Waals surface area contributed by atoms with Gasteiger partial charge in [0.15, 0.2) is 31.5 Å². The molecule has 0 aromatic rings. The average molecular weight is 1240 g/mol. The van der Waals surface area contributed by atoms with Crippen LogP contribution in [0.4, 0.5) is 0 Å². The fourth-order valence-electron chi connectivity index (χ4n) is 16.7. The fraction of sp³-hybridized carbons (Fsp3) is 0.966. The van der Waals surface area contributed by atoms with Gasteiger partial charge in [0.05, 0.1) is 63.1 Å². The Bertz CT molecular complexity index is 2260. The van der Waals surface area contributed by atoms with Gasteiger partial charge in [0, 0.05) is 17.3 Å². The van der Waals surface area contributed by atoms with Gasteiger partial charge in [0.1, 0.15) is 104 Å². The first-order valence-corrected chi connectivity index (χ1v) is 30.9. The standard InChI is InChI=1S/C59H100O27/c1-24(9-13-37(56(4,5)76)85-54-49(86-53-48(75)43(70)39(66)31(20-61)81-53)45(72)41(68)33(83-54)22-78-50-29(63)17-25(62)21-77-50)26-15-16-57(6)34-12-10-27-28(59(34,8)35(64)18-58(26,57)7)11-14-36(55(27,2)3)84-52-47(74)44(71)40(67)32(82-52)23-79-51-46(73)42(69)38(65)30(19-60)80-51/h10,24-26,28-54,60-76H,9,11-23H2,1-8H3/t24-,25+,26?,28?,29-,30-,31+,32-,33-,34?,35-,36+,37-,38-,39+,40-,41-,42+,43-,44+,45+,46-,47-,48+,49-,50+,51+,52+,53-,54+,57+,58-,59+/m1/s1. The van der Waals surface area contributed by atoms with E-state index in [-0.39, 0.29) is 54.0 Å². The predicted octanol–water partition coefficient (Wildman–Crippen LogP) is -3.74. The number of allylic oxidation sites excluding steroid dienone is 1. The van der Waals surface area contributed by atoms with E-state index in [0.717, 1.165) is 18.4 Å². The second-order valence-electron chi connectivity index (χ2n) is 28.2. The van der Waals surface area contributed by atoms with Gasteiger partial charge in [-0.1, -0.05) is 53.2 Å². The van der Waals surface area contributed by atoms with E-state index in [1.54, 1.807) is 13.8 Å². The molecule has 86 heavy (non-hydrogen) atoms. The second kappa shape index (κ2) is 26.6. The van der Waals surface area contributed by atoms with Crippen molar-refractivity contribution in [1.29, 1.82) is 0 Å². The van der Waals surface area contributed by atoms with Crippen LogP contribution in [-0.4, -0.2) is 285 Å². The molecule has 3 saturated carbocycles. The van der Waals surface area contributed by atoms with Gasteiger partial charge in [0.2, 0.25) is 0 Å². The molecule has 27 heteroatoms. The zero-order valence-electron chi connectivity index (χ0n) is 50.5. The van der Waals surface area contributed by atoms with E-state index in [2.05, 4.69) is 47.6 Å². The van der Waals surface area contributed by atoms with E-state index >= 15 is 0 Å². The SMILES string of the molecule is C[C@H](CC[C@@H](O[C@@H]1O[C@H](CO[C@@H]2OC[C@@H](O)C[C@H]2O)[C@@H](O)[C@H](O)[C@H]1O[C@H]1O[C@@H](CO)[C@H](O)[C@@H](O)[C@@H]1O)C(C)(C)O)C1CC[C@@]2(C)C3CC=C4C(CC[C@H](O[C@@H]5O[C@H](CO[C@H]6O[C@H](CO)[C@@H](O)[C@H](O)[C@H]6O)[C@@H](O)[C@H](O)[C@H]5O)C4(C)C)[C@]3(C)[C@H](O)C[C@]12C. The second-order valence-corrected chi connectivity index (χ2v) is 28.2. The quantitative estimate of drug-likeness (QED) is 0.0553. The normalized spacial score (nSPS) is 51.4.